The summed E-state index contributed by atoms with van der Waals surface area (Å²) in [5.41, 5.74) is 1.61. The number of hydrogen-bond acceptors (Lipinski definition) is 0. The number of benzene rings is 1. The zero-order valence-electron chi connectivity index (χ0n) is 12.4. The number of fused-ring (bicyclic) bond motifs is 1. The van der Waals surface area contributed by atoms with Gasteiger partial charge >= 0.3 is 0 Å². The van der Waals surface area contributed by atoms with Gasteiger partial charge in [0.05, 0.1) is 0 Å². The van der Waals surface area contributed by atoms with Crippen LogP contribution < -0.4 is 0 Å². The second kappa shape index (κ2) is 5.07. The van der Waals surface area contributed by atoms with Crippen LogP contribution in [0.1, 0.15) is 51.5 Å². The van der Waals surface area contributed by atoms with Crippen molar-refractivity contribution in [3.8, 4) is 0 Å². The molecule has 19 heavy (non-hydrogen) atoms. The first-order valence-corrected chi connectivity index (χ1v) is 7.81. The van der Waals surface area contributed by atoms with Gasteiger partial charge in [-0.3, -0.25) is 0 Å². The molecular weight excluding hydrogens is 228 g/mol. The molecule has 0 heteroatoms. The van der Waals surface area contributed by atoms with Crippen LogP contribution in [0.25, 0.3) is 10.8 Å². The molecule has 0 aliphatic heterocycles. The Kier molecular flexibility index (Phi) is 3.43. The normalized spacial score (nSPS) is 28.1. The molecule has 3 atom stereocenters. The van der Waals surface area contributed by atoms with E-state index in [2.05, 4.69) is 57.2 Å². The predicted octanol–water partition coefficient (Wildman–Crippen LogP) is 5.73. The fourth-order valence-electron chi connectivity index (χ4n) is 4.06. The Hall–Kier alpha value is -1.17. The van der Waals surface area contributed by atoms with Crippen molar-refractivity contribution in [3.63, 3.8) is 0 Å². The molecule has 0 nitrogen and oxygen atoms in total. The second-order valence-electron chi connectivity index (χ2n) is 6.81. The van der Waals surface area contributed by atoms with Crippen LogP contribution in [0.5, 0.6) is 0 Å². The van der Waals surface area contributed by atoms with Crippen LogP contribution in [-0.2, 0) is 0 Å². The Bertz CT molecular complexity index is 546. The van der Waals surface area contributed by atoms with E-state index in [1.54, 1.807) is 5.56 Å². The van der Waals surface area contributed by atoms with Crippen molar-refractivity contribution in [2.45, 2.75) is 46.0 Å². The highest BCUT2D eigenvalue weighted by molar-refractivity contribution is 5.88. The largest absolute Gasteiger partial charge is 0.168 e. The second-order valence-corrected chi connectivity index (χ2v) is 6.81. The first-order valence-electron chi connectivity index (χ1n) is 7.81. The third-order valence-corrected chi connectivity index (χ3v) is 5.14. The van der Waals surface area contributed by atoms with Gasteiger partial charge < -0.3 is 0 Å². The van der Waals surface area contributed by atoms with Gasteiger partial charge in [-0.15, -0.1) is 40.6 Å². The molecule has 1 aliphatic rings. The molecular formula is C19H25-. The van der Waals surface area contributed by atoms with Crippen LogP contribution in [-0.4, -0.2) is 0 Å². The predicted molar refractivity (Wildman–Crippen MR) is 83.6 cm³/mol. The van der Waals surface area contributed by atoms with Crippen LogP contribution >= 0.6 is 0 Å². The van der Waals surface area contributed by atoms with Gasteiger partial charge in [-0.1, -0.05) is 46.1 Å². The zero-order chi connectivity index (χ0) is 13.4. The lowest BCUT2D eigenvalue weighted by atomic mass is 9.67. The quantitative estimate of drug-likeness (QED) is 0.599. The SMILES string of the molecule is CC1CC[C@@H](C(C)C)[C@@H]([c-]2ccc3ccccc32)C1. The van der Waals surface area contributed by atoms with E-state index in [1.165, 1.54) is 30.0 Å². The van der Waals surface area contributed by atoms with Crippen molar-refractivity contribution in [1.29, 1.82) is 0 Å². The van der Waals surface area contributed by atoms with Crippen LogP contribution in [0.4, 0.5) is 0 Å². The maximum absolute atomic E-state index is 2.43. The lowest BCUT2D eigenvalue weighted by Crippen LogP contribution is -2.25. The Morgan fingerprint density at radius 1 is 1.11 bits per heavy atom. The Morgan fingerprint density at radius 2 is 1.89 bits per heavy atom. The van der Waals surface area contributed by atoms with E-state index < -0.39 is 0 Å². The third-order valence-electron chi connectivity index (χ3n) is 5.14. The molecule has 0 spiro atoms. The van der Waals surface area contributed by atoms with Gasteiger partial charge in [-0.05, 0) is 23.7 Å². The first-order chi connectivity index (χ1) is 9.16. The summed E-state index contributed by atoms with van der Waals surface area (Å²) in [6, 6.07) is 13.6. The molecule has 0 amide bonds. The van der Waals surface area contributed by atoms with Gasteiger partial charge in [-0.2, -0.15) is 6.07 Å². The van der Waals surface area contributed by atoms with Crippen LogP contribution in [0, 0.1) is 17.8 Å². The molecule has 102 valence electrons. The van der Waals surface area contributed by atoms with Gasteiger partial charge in [0, 0.05) is 0 Å². The molecule has 0 heterocycles. The fourth-order valence-corrected chi connectivity index (χ4v) is 4.06. The van der Waals surface area contributed by atoms with Crippen LogP contribution in [0.3, 0.4) is 0 Å². The lowest BCUT2D eigenvalue weighted by molar-refractivity contribution is 0.198. The maximum atomic E-state index is 2.43. The Labute approximate surface area is 117 Å². The summed E-state index contributed by atoms with van der Waals surface area (Å²) in [7, 11) is 0. The molecule has 0 bridgehead atoms. The van der Waals surface area contributed by atoms with Gasteiger partial charge in [0.1, 0.15) is 0 Å². The fraction of sp³-hybridized carbons (Fsp3) is 0.526. The molecule has 3 rings (SSSR count). The summed E-state index contributed by atoms with van der Waals surface area (Å²) in [4.78, 5) is 0. The standard InChI is InChI=1S/C19H25/c1-13(2)16-10-8-14(3)12-19(16)18-11-9-15-6-4-5-7-17(15)18/h4-7,9,11,13-14,16,19H,8,10,12H2,1-3H3/q-1/t14?,16-,19-/m0/s1. The van der Waals surface area contributed by atoms with Crippen molar-refractivity contribution in [3.05, 3.63) is 42.0 Å². The summed E-state index contributed by atoms with van der Waals surface area (Å²) < 4.78 is 0. The minimum Gasteiger partial charge on any atom is -0.168 e. The molecule has 1 aliphatic carbocycles. The van der Waals surface area contributed by atoms with Crippen molar-refractivity contribution < 1.29 is 0 Å². The molecule has 1 saturated carbocycles. The van der Waals surface area contributed by atoms with Crippen molar-refractivity contribution in [1.82, 2.24) is 0 Å². The highest BCUT2D eigenvalue weighted by Gasteiger charge is 2.30. The van der Waals surface area contributed by atoms with Crippen LogP contribution in [0.15, 0.2) is 36.4 Å². The van der Waals surface area contributed by atoms with E-state index in [0.29, 0.717) is 0 Å². The van der Waals surface area contributed by atoms with Crippen molar-refractivity contribution >= 4 is 10.8 Å². The minimum atomic E-state index is 0.767. The van der Waals surface area contributed by atoms with E-state index in [0.717, 1.165) is 23.7 Å². The van der Waals surface area contributed by atoms with Crippen molar-refractivity contribution in [2.24, 2.45) is 17.8 Å². The van der Waals surface area contributed by atoms with Gasteiger partial charge in [0.25, 0.3) is 0 Å². The first kappa shape index (κ1) is 12.8. The molecule has 0 saturated heterocycles. The smallest absolute Gasteiger partial charge is 0.0402 e. The summed E-state index contributed by atoms with van der Waals surface area (Å²) >= 11 is 0. The average Bonchev–Trinajstić information content (AvgIpc) is 2.82. The number of hydrogen-bond donors (Lipinski definition) is 0. The van der Waals surface area contributed by atoms with Gasteiger partial charge in [0.2, 0.25) is 0 Å². The van der Waals surface area contributed by atoms with E-state index in [-0.39, 0.29) is 0 Å². The molecule has 2 aromatic rings. The highest BCUT2D eigenvalue weighted by Crippen LogP contribution is 2.46. The van der Waals surface area contributed by atoms with E-state index in [1.807, 2.05) is 0 Å². The lowest BCUT2D eigenvalue weighted by Gasteiger charge is -2.39. The van der Waals surface area contributed by atoms with E-state index in [4.69, 9.17) is 0 Å². The summed E-state index contributed by atoms with van der Waals surface area (Å²) in [6.45, 7) is 7.23. The molecule has 1 fully saturated rings. The van der Waals surface area contributed by atoms with E-state index >= 15 is 0 Å². The van der Waals surface area contributed by atoms with Gasteiger partial charge in [-0.25, -0.2) is 0 Å². The van der Waals surface area contributed by atoms with E-state index in [9.17, 15) is 0 Å². The number of rotatable bonds is 2. The van der Waals surface area contributed by atoms with Gasteiger partial charge in [0.15, 0.2) is 0 Å². The Morgan fingerprint density at radius 3 is 2.68 bits per heavy atom. The monoisotopic (exact) mass is 253 g/mol. The average molecular weight is 253 g/mol. The third kappa shape index (κ3) is 2.33. The molecule has 0 aromatic heterocycles. The summed E-state index contributed by atoms with van der Waals surface area (Å²) in [6.07, 6.45) is 4.19. The highest BCUT2D eigenvalue weighted by atomic mass is 14.4. The Balaban J connectivity index is 2.02. The zero-order valence-corrected chi connectivity index (χ0v) is 12.4. The van der Waals surface area contributed by atoms with Crippen molar-refractivity contribution in [2.75, 3.05) is 0 Å². The van der Waals surface area contributed by atoms with Crippen LogP contribution in [0.2, 0.25) is 0 Å². The molecule has 2 aromatic carbocycles. The molecule has 0 N–H and O–H groups in total. The topological polar surface area (TPSA) is 0 Å². The summed E-state index contributed by atoms with van der Waals surface area (Å²) in [5.74, 6) is 3.31. The summed E-state index contributed by atoms with van der Waals surface area (Å²) in [5, 5.41) is 2.91. The maximum Gasteiger partial charge on any atom is -0.0402 e. The minimum absolute atomic E-state index is 0.767. The molecule has 0 radical (unpaired) electrons. The molecule has 1 unspecified atom stereocenters.